The number of ether oxygens (including phenoxy) is 1. The molecule has 5 aromatic carbocycles. The number of rotatable bonds is 18. The van der Waals surface area contributed by atoms with E-state index in [0.717, 1.165) is 103 Å². The fourth-order valence-corrected chi connectivity index (χ4v) is 25.3. The predicted molar refractivity (Wildman–Crippen MR) is 396 cm³/mol. The number of hydrogen-bond acceptors (Lipinski definition) is 8. The second kappa shape index (κ2) is 27.5. The molecular weight excluding hydrogens is 1210 g/mol. The number of aromatic nitrogens is 2. The summed E-state index contributed by atoms with van der Waals surface area (Å²) in [5.41, 5.74) is 15.3. The zero-order valence-electron chi connectivity index (χ0n) is 57.3. The Balaban J connectivity index is 0.0000000970. The highest BCUT2D eigenvalue weighted by Gasteiger charge is 2.54. The molecule has 502 valence electrons. The van der Waals surface area contributed by atoms with Gasteiger partial charge in [0.25, 0.3) is 0 Å². The molecule has 0 aliphatic heterocycles. The number of nitrogens with zero attached hydrogens (tertiary/aromatic N) is 2. The van der Waals surface area contributed by atoms with E-state index < -0.39 is 0 Å². The Morgan fingerprint density at radius 3 is 1.31 bits per heavy atom. The van der Waals surface area contributed by atoms with Crippen LogP contribution in [0.3, 0.4) is 0 Å². The van der Waals surface area contributed by atoms with Crippen LogP contribution in [0, 0.1) is 77.9 Å². The summed E-state index contributed by atoms with van der Waals surface area (Å²) in [6.07, 6.45) is 41.0. The largest absolute Gasteiger partial charge is 0.489 e. The smallest absolute Gasteiger partial charge is 0.120 e. The van der Waals surface area contributed by atoms with Gasteiger partial charge in [0.2, 0.25) is 0 Å². The third kappa shape index (κ3) is 14.5. The Kier molecular flexibility index (Phi) is 18.2. The SMILES string of the molecule is Cc1cc(OCc2ccccc2)ccc1CNC12CC3CC(CC(C3)C1)C2.c1cc(CNC23CC4CC(CC(C4)C2)C3)cc(-c2cccs2)c1.c1cc(CNC23CC4CC(CC(C4)C2)C3)cc(-c2ccsc2)c1.c1cn(-c2ccc(CNC34CC5CC(CC(C5)C3)C4)cc2)cn1. The van der Waals surface area contributed by atoms with Crippen LogP contribution >= 0.6 is 22.7 Å². The molecule has 16 aliphatic rings. The molecule has 3 heterocycles. The third-order valence-electron chi connectivity index (χ3n) is 26.6. The van der Waals surface area contributed by atoms with E-state index in [9.17, 15) is 0 Å². The molecule has 7 nitrogen and oxygen atoms in total. The molecule has 16 fully saturated rings. The standard InChI is InChI=1S/C25H31NO.2C21H25NS.C20H25N3/c1-18-9-24(27-17-19-5-3-2-4-6-19)8-7-23(18)16-26-25-13-20-10-21(14-25)12-22(11-20)15-25;1-3-15(10-19(4-1)20-5-2-6-23-20)14-22-21-11-16-7-17(12-21)9-18(8-16)13-21;1-2-15(9-19(3-1)20-4-5-23-14-20)13-22-21-10-16-6-17(11-21)8-18(7-16)12-21;1-3-19(23-6-5-21-14-23)4-2-15(1)13-22-20-10-16-7-17(11-20)9-18(8-16)12-20/h2-9,20-22,26H,10-17H2,1H3;1-6,10,16-18,22H,7-9,11-14H2;1-5,9,14,16-18,22H,6-8,10-13H2;1-6,14,16-18,22H,7-13H2. The molecule has 0 amide bonds. The molecule has 0 spiro atoms. The van der Waals surface area contributed by atoms with Crippen molar-refractivity contribution in [3.05, 3.63) is 208 Å². The lowest BCUT2D eigenvalue weighted by Crippen LogP contribution is -2.58. The molecule has 8 aromatic rings. The van der Waals surface area contributed by atoms with Gasteiger partial charge in [0.1, 0.15) is 12.4 Å². The van der Waals surface area contributed by atoms with Crippen molar-refractivity contribution >= 4 is 22.7 Å². The molecule has 4 N–H and O–H groups in total. The molecule has 16 bridgehead atoms. The number of hydrogen-bond donors (Lipinski definition) is 4. The minimum atomic E-state index is 0.434. The highest BCUT2D eigenvalue weighted by Crippen LogP contribution is 2.59. The van der Waals surface area contributed by atoms with E-state index in [2.05, 4.69) is 187 Å². The van der Waals surface area contributed by atoms with Crippen molar-refractivity contribution in [2.75, 3.05) is 0 Å². The van der Waals surface area contributed by atoms with E-state index in [4.69, 9.17) is 4.74 Å². The van der Waals surface area contributed by atoms with Crippen molar-refractivity contribution in [3.63, 3.8) is 0 Å². The van der Waals surface area contributed by atoms with Crippen molar-refractivity contribution in [1.82, 2.24) is 30.8 Å². The monoisotopic (exact) mass is 1310 g/mol. The molecular formula is C87H106N6OS2. The zero-order valence-corrected chi connectivity index (χ0v) is 58.9. The first kappa shape index (κ1) is 63.8. The van der Waals surface area contributed by atoms with Gasteiger partial charge >= 0.3 is 0 Å². The van der Waals surface area contributed by atoms with Crippen molar-refractivity contribution in [3.8, 4) is 33.0 Å². The molecule has 96 heavy (non-hydrogen) atoms. The highest BCUT2D eigenvalue weighted by atomic mass is 32.1. The summed E-state index contributed by atoms with van der Waals surface area (Å²) in [5, 5.41) is 22.6. The van der Waals surface area contributed by atoms with Gasteiger partial charge in [-0.2, -0.15) is 11.3 Å². The lowest BCUT2D eigenvalue weighted by molar-refractivity contribution is -0.0207. The Morgan fingerprint density at radius 1 is 0.417 bits per heavy atom. The van der Waals surface area contributed by atoms with Crippen molar-refractivity contribution in [2.45, 2.75) is 216 Å². The van der Waals surface area contributed by atoms with Gasteiger partial charge in [-0.15, -0.1) is 11.3 Å². The molecule has 3 aromatic heterocycles. The molecule has 16 aliphatic carbocycles. The summed E-state index contributed by atoms with van der Waals surface area (Å²) < 4.78 is 8.04. The first-order valence-electron chi connectivity index (χ1n) is 38.1. The van der Waals surface area contributed by atoms with Crippen molar-refractivity contribution < 1.29 is 4.74 Å². The van der Waals surface area contributed by atoms with Crippen LogP contribution < -0.4 is 26.0 Å². The van der Waals surface area contributed by atoms with Gasteiger partial charge in [0.15, 0.2) is 0 Å². The van der Waals surface area contributed by atoms with Gasteiger partial charge < -0.3 is 30.6 Å². The summed E-state index contributed by atoms with van der Waals surface area (Å²) >= 11 is 3.61. The average molecular weight is 1320 g/mol. The molecule has 0 atom stereocenters. The predicted octanol–water partition coefficient (Wildman–Crippen LogP) is 20.5. The summed E-state index contributed by atoms with van der Waals surface area (Å²) in [6, 6.07) is 50.6. The van der Waals surface area contributed by atoms with Gasteiger partial charge in [-0.1, -0.05) is 91.0 Å². The zero-order chi connectivity index (χ0) is 64.1. The van der Waals surface area contributed by atoms with Gasteiger partial charge in [-0.25, -0.2) is 4.98 Å². The van der Waals surface area contributed by atoms with E-state index >= 15 is 0 Å². The topological polar surface area (TPSA) is 75.2 Å². The van der Waals surface area contributed by atoms with Crippen LogP contribution in [0.5, 0.6) is 5.75 Å². The first-order valence-corrected chi connectivity index (χ1v) is 39.9. The van der Waals surface area contributed by atoms with Gasteiger partial charge in [0, 0.05) is 71.3 Å². The van der Waals surface area contributed by atoms with Crippen LogP contribution in [0.15, 0.2) is 174 Å². The van der Waals surface area contributed by atoms with E-state index in [-0.39, 0.29) is 0 Å². The maximum absolute atomic E-state index is 5.99. The molecule has 24 rings (SSSR count). The molecule has 0 unspecified atom stereocenters. The number of imidazole rings is 1. The Hall–Kier alpha value is -5.65. The third-order valence-corrected chi connectivity index (χ3v) is 28.2. The van der Waals surface area contributed by atoms with E-state index in [1.54, 1.807) is 11.3 Å². The minimum absolute atomic E-state index is 0.434. The molecule has 0 radical (unpaired) electrons. The number of aryl methyl sites for hydroxylation is 1. The first-order chi connectivity index (χ1) is 47.0. The summed E-state index contributed by atoms with van der Waals surface area (Å²) in [7, 11) is 0. The van der Waals surface area contributed by atoms with Gasteiger partial charge in [-0.3, -0.25) is 0 Å². The summed E-state index contributed by atoms with van der Waals surface area (Å²) in [5.74, 6) is 13.1. The summed E-state index contributed by atoms with van der Waals surface area (Å²) in [4.78, 5) is 5.49. The van der Waals surface area contributed by atoms with E-state index in [0.29, 0.717) is 28.8 Å². The van der Waals surface area contributed by atoms with E-state index in [1.165, 1.54) is 215 Å². The lowest BCUT2D eigenvalue weighted by Gasteiger charge is -2.57. The van der Waals surface area contributed by atoms with Crippen LogP contribution in [-0.2, 0) is 32.8 Å². The fraction of sp³-hybridized carbons (Fsp3) is 0.529. The molecule has 0 saturated heterocycles. The van der Waals surface area contributed by atoms with Crippen LogP contribution in [-0.4, -0.2) is 31.7 Å². The Morgan fingerprint density at radius 2 is 0.875 bits per heavy atom. The van der Waals surface area contributed by atoms with Gasteiger partial charge in [0.05, 0.1) is 6.33 Å². The molecule has 9 heteroatoms. The average Bonchev–Trinajstić information content (AvgIpc) is 0.991. The second-order valence-electron chi connectivity index (χ2n) is 34.1. The minimum Gasteiger partial charge on any atom is -0.489 e. The van der Waals surface area contributed by atoms with Crippen LogP contribution in [0.2, 0.25) is 0 Å². The maximum Gasteiger partial charge on any atom is 0.120 e. The fourth-order valence-electron chi connectivity index (χ4n) is 23.9. The van der Waals surface area contributed by atoms with Crippen molar-refractivity contribution in [2.24, 2.45) is 71.0 Å². The number of nitrogens with one attached hydrogen (secondary N) is 4. The van der Waals surface area contributed by atoms with E-state index in [1.807, 2.05) is 36.1 Å². The van der Waals surface area contributed by atoms with Gasteiger partial charge in [-0.05, 0) is 347 Å². The van der Waals surface area contributed by atoms with Crippen molar-refractivity contribution in [1.29, 1.82) is 0 Å². The number of benzene rings is 5. The van der Waals surface area contributed by atoms with Crippen LogP contribution in [0.25, 0.3) is 27.3 Å². The quantitative estimate of drug-likeness (QED) is 0.0686. The Labute approximate surface area is 582 Å². The lowest BCUT2D eigenvalue weighted by atomic mass is 9.53. The number of thiophene rings is 2. The Bertz CT molecular complexity index is 3590. The maximum atomic E-state index is 5.99. The van der Waals surface area contributed by atoms with Crippen LogP contribution in [0.1, 0.15) is 187 Å². The second-order valence-corrected chi connectivity index (χ2v) is 35.8. The highest BCUT2D eigenvalue weighted by molar-refractivity contribution is 7.13. The molecule has 16 saturated carbocycles. The summed E-state index contributed by atoms with van der Waals surface area (Å²) in [6.45, 7) is 6.92. The normalized spacial score (nSPS) is 33.8. The van der Waals surface area contributed by atoms with Crippen LogP contribution in [0.4, 0.5) is 0 Å².